The topological polar surface area (TPSA) is 53.6 Å². The van der Waals surface area contributed by atoms with Gasteiger partial charge in [0, 0.05) is 13.1 Å². The second kappa shape index (κ2) is 4.85. The van der Waals surface area contributed by atoms with E-state index in [9.17, 15) is 0 Å². The summed E-state index contributed by atoms with van der Waals surface area (Å²) in [5, 5.41) is 13.0. The number of nitrogens with zero attached hydrogens (tertiary/aromatic N) is 2. The van der Waals surface area contributed by atoms with Crippen molar-refractivity contribution in [3.05, 3.63) is 58.7 Å². The van der Waals surface area contributed by atoms with Crippen LogP contribution in [0.5, 0.6) is 0 Å². The zero-order chi connectivity index (χ0) is 13.4. The van der Waals surface area contributed by atoms with E-state index < -0.39 is 0 Å². The fraction of sp³-hybridized carbons (Fsp3) is 0.200. The van der Waals surface area contributed by atoms with Crippen molar-refractivity contribution in [1.82, 2.24) is 20.5 Å². The molecule has 1 unspecified atom stereocenters. The van der Waals surface area contributed by atoms with Crippen molar-refractivity contribution in [3.63, 3.8) is 0 Å². The van der Waals surface area contributed by atoms with Crippen LogP contribution in [0.15, 0.2) is 41.8 Å². The van der Waals surface area contributed by atoms with Crippen LogP contribution in [-0.4, -0.2) is 21.7 Å². The molecule has 100 valence electrons. The van der Waals surface area contributed by atoms with Crippen molar-refractivity contribution in [1.29, 1.82) is 0 Å². The van der Waals surface area contributed by atoms with Gasteiger partial charge in [0.1, 0.15) is 5.82 Å². The number of nitrogens with one attached hydrogen (secondary N) is 2. The molecule has 5 heteroatoms. The number of H-pyrrole nitrogens is 1. The van der Waals surface area contributed by atoms with E-state index in [1.807, 2.05) is 17.5 Å². The minimum Gasteiger partial charge on any atom is -0.312 e. The number of rotatable bonds is 2. The highest BCUT2D eigenvalue weighted by Gasteiger charge is 2.24. The molecular weight excluding hydrogens is 268 g/mol. The number of thiophene rings is 1. The normalized spacial score (nSPS) is 17.9. The summed E-state index contributed by atoms with van der Waals surface area (Å²) in [5.74, 6) is 1.98. The Balaban J connectivity index is 1.72. The molecule has 2 N–H and O–H groups in total. The maximum Gasteiger partial charge on any atom is 0.191 e. The van der Waals surface area contributed by atoms with Crippen LogP contribution >= 0.6 is 11.3 Å². The zero-order valence-corrected chi connectivity index (χ0v) is 11.7. The third-order valence-corrected chi connectivity index (χ3v) is 4.53. The van der Waals surface area contributed by atoms with Gasteiger partial charge in [0.2, 0.25) is 0 Å². The Labute approximate surface area is 120 Å². The van der Waals surface area contributed by atoms with Gasteiger partial charge in [-0.15, -0.1) is 11.3 Å². The molecule has 20 heavy (non-hydrogen) atoms. The van der Waals surface area contributed by atoms with Crippen LogP contribution < -0.4 is 5.32 Å². The maximum atomic E-state index is 4.68. The van der Waals surface area contributed by atoms with E-state index >= 15 is 0 Å². The van der Waals surface area contributed by atoms with Gasteiger partial charge in [-0.2, -0.15) is 5.10 Å². The molecule has 0 amide bonds. The standard InChI is InChI=1S/C15H14N4S/c1-2-5-11-10(4-1)8-16-9-12(11)14-17-15(19-18-14)13-6-3-7-20-13/h1-7,12,16H,8-9H2,(H,17,18,19). The Morgan fingerprint density at radius 1 is 1.15 bits per heavy atom. The van der Waals surface area contributed by atoms with Crippen LogP contribution in [0, 0.1) is 0 Å². The van der Waals surface area contributed by atoms with Crippen molar-refractivity contribution in [2.45, 2.75) is 12.5 Å². The van der Waals surface area contributed by atoms with Crippen LogP contribution in [0.4, 0.5) is 0 Å². The molecular formula is C15H14N4S. The molecule has 1 aromatic carbocycles. The van der Waals surface area contributed by atoms with Gasteiger partial charge >= 0.3 is 0 Å². The van der Waals surface area contributed by atoms with Crippen LogP contribution in [0.2, 0.25) is 0 Å². The number of fused-ring (bicyclic) bond motifs is 1. The Bertz CT molecular complexity index is 717. The van der Waals surface area contributed by atoms with E-state index in [0.717, 1.165) is 29.6 Å². The lowest BCUT2D eigenvalue weighted by atomic mass is 9.90. The predicted molar refractivity (Wildman–Crippen MR) is 79.7 cm³/mol. The Kier molecular flexibility index (Phi) is 2.86. The fourth-order valence-electron chi connectivity index (χ4n) is 2.69. The van der Waals surface area contributed by atoms with E-state index in [-0.39, 0.29) is 5.92 Å². The summed E-state index contributed by atoms with van der Waals surface area (Å²) in [6.45, 7) is 1.83. The average molecular weight is 282 g/mol. The van der Waals surface area contributed by atoms with Gasteiger partial charge in [0.25, 0.3) is 0 Å². The third kappa shape index (κ3) is 1.95. The number of aromatic amines is 1. The summed E-state index contributed by atoms with van der Waals surface area (Å²) in [4.78, 5) is 5.78. The van der Waals surface area contributed by atoms with Gasteiger partial charge in [0.15, 0.2) is 5.82 Å². The molecule has 1 aliphatic rings. The minimum atomic E-state index is 0.251. The molecule has 4 rings (SSSR count). The van der Waals surface area contributed by atoms with Crippen LogP contribution in [0.1, 0.15) is 22.9 Å². The fourth-order valence-corrected chi connectivity index (χ4v) is 3.34. The lowest BCUT2D eigenvalue weighted by molar-refractivity contribution is 0.573. The highest BCUT2D eigenvalue weighted by molar-refractivity contribution is 7.13. The van der Waals surface area contributed by atoms with Crippen molar-refractivity contribution < 1.29 is 0 Å². The number of benzene rings is 1. The summed E-state index contributed by atoms with van der Waals surface area (Å²) in [5.41, 5.74) is 2.69. The Morgan fingerprint density at radius 3 is 3.00 bits per heavy atom. The molecule has 0 saturated heterocycles. The molecule has 0 aliphatic carbocycles. The van der Waals surface area contributed by atoms with Crippen molar-refractivity contribution >= 4 is 11.3 Å². The first-order valence-corrected chi connectivity index (χ1v) is 7.54. The van der Waals surface area contributed by atoms with Gasteiger partial charge in [-0.25, -0.2) is 4.98 Å². The van der Waals surface area contributed by atoms with E-state index in [2.05, 4.69) is 44.8 Å². The molecule has 1 atom stereocenters. The predicted octanol–water partition coefficient (Wildman–Crippen LogP) is 2.77. The van der Waals surface area contributed by atoms with E-state index in [1.165, 1.54) is 11.1 Å². The average Bonchev–Trinajstić information content (AvgIpc) is 3.17. The molecule has 3 aromatic rings. The minimum absolute atomic E-state index is 0.251. The molecule has 3 heterocycles. The molecule has 2 aromatic heterocycles. The molecule has 0 bridgehead atoms. The summed E-state index contributed by atoms with van der Waals surface area (Å²) < 4.78 is 0. The van der Waals surface area contributed by atoms with E-state index in [0.29, 0.717) is 0 Å². The van der Waals surface area contributed by atoms with Crippen LogP contribution in [0.3, 0.4) is 0 Å². The molecule has 1 aliphatic heterocycles. The molecule has 0 spiro atoms. The first-order chi connectivity index (χ1) is 9.92. The van der Waals surface area contributed by atoms with Crippen LogP contribution in [0.25, 0.3) is 10.7 Å². The number of hydrogen-bond donors (Lipinski definition) is 2. The second-order valence-electron chi connectivity index (χ2n) is 4.90. The summed E-state index contributed by atoms with van der Waals surface area (Å²) in [6.07, 6.45) is 0. The van der Waals surface area contributed by atoms with Gasteiger partial charge in [-0.05, 0) is 22.6 Å². The number of aromatic nitrogens is 3. The second-order valence-corrected chi connectivity index (χ2v) is 5.85. The largest absolute Gasteiger partial charge is 0.312 e. The third-order valence-electron chi connectivity index (χ3n) is 3.67. The lowest BCUT2D eigenvalue weighted by Gasteiger charge is -2.24. The lowest BCUT2D eigenvalue weighted by Crippen LogP contribution is -2.29. The summed E-state index contributed by atoms with van der Waals surface area (Å²) >= 11 is 1.66. The summed E-state index contributed by atoms with van der Waals surface area (Å²) in [7, 11) is 0. The molecule has 0 saturated carbocycles. The van der Waals surface area contributed by atoms with E-state index in [4.69, 9.17) is 0 Å². The zero-order valence-electron chi connectivity index (χ0n) is 10.8. The molecule has 0 radical (unpaired) electrons. The first kappa shape index (κ1) is 11.8. The first-order valence-electron chi connectivity index (χ1n) is 6.66. The Morgan fingerprint density at radius 2 is 2.10 bits per heavy atom. The van der Waals surface area contributed by atoms with E-state index in [1.54, 1.807) is 11.3 Å². The van der Waals surface area contributed by atoms with Crippen molar-refractivity contribution in [3.8, 4) is 10.7 Å². The van der Waals surface area contributed by atoms with Crippen molar-refractivity contribution in [2.75, 3.05) is 6.54 Å². The molecule has 0 fully saturated rings. The Hall–Kier alpha value is -1.98. The summed E-state index contributed by atoms with van der Waals surface area (Å²) in [6, 6.07) is 12.6. The van der Waals surface area contributed by atoms with Gasteiger partial charge in [-0.3, -0.25) is 5.10 Å². The SMILES string of the molecule is c1csc(-c2n[nH]c(C3CNCc4ccccc43)n2)c1. The number of hydrogen-bond acceptors (Lipinski definition) is 4. The van der Waals surface area contributed by atoms with Crippen LogP contribution in [-0.2, 0) is 6.54 Å². The van der Waals surface area contributed by atoms with Gasteiger partial charge in [0.05, 0.1) is 10.8 Å². The van der Waals surface area contributed by atoms with Gasteiger partial charge in [-0.1, -0.05) is 30.3 Å². The smallest absolute Gasteiger partial charge is 0.191 e. The van der Waals surface area contributed by atoms with Crippen molar-refractivity contribution in [2.24, 2.45) is 0 Å². The van der Waals surface area contributed by atoms with Gasteiger partial charge < -0.3 is 5.32 Å². The highest BCUT2D eigenvalue weighted by atomic mass is 32.1. The maximum absolute atomic E-state index is 4.68. The highest BCUT2D eigenvalue weighted by Crippen LogP contribution is 2.29. The monoisotopic (exact) mass is 282 g/mol. The quantitative estimate of drug-likeness (QED) is 0.760. The molecule has 4 nitrogen and oxygen atoms in total.